The summed E-state index contributed by atoms with van der Waals surface area (Å²) in [5.41, 5.74) is 1.69. The van der Waals surface area contributed by atoms with Crippen LogP contribution in [0.15, 0.2) is 76.5 Å². The van der Waals surface area contributed by atoms with Crippen LogP contribution in [0.5, 0.6) is 17.2 Å². The van der Waals surface area contributed by atoms with Gasteiger partial charge < -0.3 is 14.2 Å². The lowest BCUT2D eigenvalue weighted by Crippen LogP contribution is -2.28. The van der Waals surface area contributed by atoms with Gasteiger partial charge in [-0.2, -0.15) is 0 Å². The molecule has 0 spiro atoms. The molecule has 0 amide bonds. The maximum atomic E-state index is 13.1. The summed E-state index contributed by atoms with van der Waals surface area (Å²) < 4.78 is 72.7. The van der Waals surface area contributed by atoms with Gasteiger partial charge in [-0.05, 0) is 54.3 Å². The third kappa shape index (κ3) is 6.76. The van der Waals surface area contributed by atoms with E-state index in [1.807, 2.05) is 36.4 Å². The fourth-order valence-corrected chi connectivity index (χ4v) is 6.01. The number of hydrogen-bond donors (Lipinski definition) is 2. The van der Waals surface area contributed by atoms with Gasteiger partial charge in [-0.3, -0.25) is 0 Å². The maximum absolute atomic E-state index is 13.1. The Morgan fingerprint density at radius 1 is 0.611 bits per heavy atom. The van der Waals surface area contributed by atoms with Gasteiger partial charge in [0.05, 0.1) is 26.2 Å². The summed E-state index contributed by atoms with van der Waals surface area (Å²) in [6.45, 7) is 0.188. The predicted molar refractivity (Wildman–Crippen MR) is 137 cm³/mol. The number of para-hydroxylation sites is 2. The molecular formula is C25H30N2O7S2. The molecule has 0 aliphatic heterocycles. The first-order chi connectivity index (χ1) is 17.2. The van der Waals surface area contributed by atoms with Crippen LogP contribution in [0.4, 0.5) is 0 Å². The van der Waals surface area contributed by atoms with Gasteiger partial charge in [0.25, 0.3) is 0 Å². The van der Waals surface area contributed by atoms with E-state index in [2.05, 4.69) is 9.44 Å². The third-order valence-corrected chi connectivity index (χ3v) is 8.43. The van der Waals surface area contributed by atoms with Gasteiger partial charge in [-0.25, -0.2) is 26.3 Å². The molecule has 0 fully saturated rings. The van der Waals surface area contributed by atoms with Crippen LogP contribution >= 0.6 is 0 Å². The fourth-order valence-electron chi connectivity index (χ4n) is 3.65. The predicted octanol–water partition coefficient (Wildman–Crippen LogP) is 2.75. The quantitative estimate of drug-likeness (QED) is 0.346. The monoisotopic (exact) mass is 534 g/mol. The van der Waals surface area contributed by atoms with Gasteiger partial charge in [-0.1, -0.05) is 36.4 Å². The molecule has 0 saturated heterocycles. The van der Waals surface area contributed by atoms with E-state index in [0.29, 0.717) is 24.3 Å². The van der Waals surface area contributed by atoms with Crippen LogP contribution in [0.1, 0.15) is 11.1 Å². The van der Waals surface area contributed by atoms with Crippen molar-refractivity contribution in [1.29, 1.82) is 0 Å². The van der Waals surface area contributed by atoms with Crippen molar-refractivity contribution >= 4 is 20.0 Å². The van der Waals surface area contributed by atoms with Gasteiger partial charge in [0.1, 0.15) is 22.1 Å². The van der Waals surface area contributed by atoms with E-state index in [9.17, 15) is 16.8 Å². The Balaban J connectivity index is 1.74. The molecular weight excluding hydrogens is 504 g/mol. The molecule has 0 aliphatic carbocycles. The van der Waals surface area contributed by atoms with Crippen molar-refractivity contribution in [1.82, 2.24) is 9.44 Å². The second-order valence-corrected chi connectivity index (χ2v) is 11.2. The lowest BCUT2D eigenvalue weighted by atomic mass is 10.1. The summed E-state index contributed by atoms with van der Waals surface area (Å²) >= 11 is 0. The Hall–Kier alpha value is -3.12. The van der Waals surface area contributed by atoms with E-state index in [-0.39, 0.29) is 28.6 Å². The first-order valence-corrected chi connectivity index (χ1v) is 14.1. The average Bonchev–Trinajstić information content (AvgIpc) is 2.88. The van der Waals surface area contributed by atoms with Gasteiger partial charge in [-0.15, -0.1) is 0 Å². The van der Waals surface area contributed by atoms with Crippen molar-refractivity contribution in [2.45, 2.75) is 22.6 Å². The smallest absolute Gasteiger partial charge is 0.244 e. The average molecular weight is 535 g/mol. The zero-order valence-electron chi connectivity index (χ0n) is 20.4. The summed E-state index contributed by atoms with van der Waals surface area (Å²) in [6.07, 6.45) is 0.781. The number of rotatable bonds is 13. The van der Waals surface area contributed by atoms with Crippen molar-refractivity contribution in [3.63, 3.8) is 0 Å². The summed E-state index contributed by atoms with van der Waals surface area (Å²) in [5, 5.41) is 0. The molecule has 2 N–H and O–H groups in total. The number of nitrogens with one attached hydrogen (secondary N) is 2. The molecule has 0 saturated carbocycles. The van der Waals surface area contributed by atoms with Crippen LogP contribution < -0.4 is 23.7 Å². The van der Waals surface area contributed by atoms with Crippen molar-refractivity contribution in [3.8, 4) is 17.2 Å². The van der Waals surface area contributed by atoms with Crippen LogP contribution in [0.2, 0.25) is 0 Å². The number of hydrogen-bond acceptors (Lipinski definition) is 7. The Kier molecular flexibility index (Phi) is 9.32. The Morgan fingerprint density at radius 3 is 1.58 bits per heavy atom. The van der Waals surface area contributed by atoms with Crippen LogP contribution in [0.3, 0.4) is 0 Å². The Bertz CT molecular complexity index is 1390. The molecule has 0 heterocycles. The summed E-state index contributed by atoms with van der Waals surface area (Å²) in [7, 11) is -3.64. The molecule has 3 rings (SSSR count). The summed E-state index contributed by atoms with van der Waals surface area (Å²) in [5.74, 6) is 1.35. The van der Waals surface area contributed by atoms with E-state index >= 15 is 0 Å². The standard InChI is InChI=1S/C25H30N2O7S2/c1-32-22-10-6-4-8-19(22)14-16-26-35(28,29)21-12-13-24(34-3)25(18-21)36(30,31)27-17-15-20-9-5-7-11-23(20)33-2/h4-13,18,26-27H,14-17H2,1-3H3. The highest BCUT2D eigenvalue weighted by molar-refractivity contribution is 7.90. The molecule has 36 heavy (non-hydrogen) atoms. The molecule has 11 heteroatoms. The zero-order valence-corrected chi connectivity index (χ0v) is 22.0. The molecule has 0 radical (unpaired) electrons. The van der Waals surface area contributed by atoms with Crippen LogP contribution in [0.25, 0.3) is 0 Å². The van der Waals surface area contributed by atoms with Crippen LogP contribution in [0, 0.1) is 0 Å². The largest absolute Gasteiger partial charge is 0.496 e. The van der Waals surface area contributed by atoms with Gasteiger partial charge in [0, 0.05) is 13.1 Å². The molecule has 0 aliphatic rings. The SMILES string of the molecule is COc1ccccc1CCNS(=O)(=O)c1ccc(OC)c(S(=O)(=O)NCCc2ccccc2OC)c1. The van der Waals surface area contributed by atoms with Crippen molar-refractivity contribution in [3.05, 3.63) is 77.9 Å². The summed E-state index contributed by atoms with van der Waals surface area (Å²) in [4.78, 5) is -0.453. The first kappa shape index (κ1) is 27.5. The highest BCUT2D eigenvalue weighted by Gasteiger charge is 2.24. The maximum Gasteiger partial charge on any atom is 0.244 e. The normalized spacial score (nSPS) is 11.8. The molecule has 3 aromatic carbocycles. The number of methoxy groups -OCH3 is 3. The van der Waals surface area contributed by atoms with Gasteiger partial charge in [0.15, 0.2) is 0 Å². The second kappa shape index (κ2) is 12.2. The van der Waals surface area contributed by atoms with Gasteiger partial charge in [0.2, 0.25) is 20.0 Å². The minimum Gasteiger partial charge on any atom is -0.496 e. The molecule has 194 valence electrons. The molecule has 0 unspecified atom stereocenters. The van der Waals surface area contributed by atoms with E-state index in [1.165, 1.54) is 19.2 Å². The number of sulfonamides is 2. The van der Waals surface area contributed by atoms with E-state index in [0.717, 1.165) is 17.2 Å². The van der Waals surface area contributed by atoms with Gasteiger partial charge >= 0.3 is 0 Å². The van der Waals surface area contributed by atoms with Crippen molar-refractivity contribution < 1.29 is 31.0 Å². The zero-order chi connectivity index (χ0) is 26.2. The highest BCUT2D eigenvalue weighted by Crippen LogP contribution is 2.27. The van der Waals surface area contributed by atoms with E-state index < -0.39 is 20.0 Å². The van der Waals surface area contributed by atoms with E-state index in [4.69, 9.17) is 14.2 Å². The molecule has 3 aromatic rings. The molecule has 9 nitrogen and oxygen atoms in total. The Morgan fingerprint density at radius 2 is 1.08 bits per heavy atom. The van der Waals surface area contributed by atoms with Crippen molar-refractivity contribution in [2.75, 3.05) is 34.4 Å². The molecule has 0 atom stereocenters. The summed E-state index contributed by atoms with van der Waals surface area (Å²) in [6, 6.07) is 18.3. The lowest BCUT2D eigenvalue weighted by Gasteiger charge is -2.14. The lowest BCUT2D eigenvalue weighted by molar-refractivity contribution is 0.401. The third-order valence-electron chi connectivity index (χ3n) is 5.49. The van der Waals surface area contributed by atoms with Crippen LogP contribution in [-0.4, -0.2) is 51.3 Å². The Labute approximate surface area is 212 Å². The van der Waals surface area contributed by atoms with Crippen molar-refractivity contribution in [2.24, 2.45) is 0 Å². The fraction of sp³-hybridized carbons (Fsp3) is 0.280. The molecule has 0 bridgehead atoms. The number of benzene rings is 3. The highest BCUT2D eigenvalue weighted by atomic mass is 32.2. The topological polar surface area (TPSA) is 120 Å². The second-order valence-electron chi connectivity index (χ2n) is 7.73. The minimum atomic E-state index is -4.07. The first-order valence-electron chi connectivity index (χ1n) is 11.1. The van der Waals surface area contributed by atoms with Crippen LogP contribution in [-0.2, 0) is 32.9 Å². The minimum absolute atomic E-state index is 0.0350. The number of ether oxygens (including phenoxy) is 3. The molecule has 0 aromatic heterocycles. The van der Waals surface area contributed by atoms with E-state index in [1.54, 1.807) is 26.4 Å².